The second-order valence-corrected chi connectivity index (χ2v) is 5.50. The molecule has 1 aromatic carbocycles. The fourth-order valence-corrected chi connectivity index (χ4v) is 2.64. The number of rotatable bonds is 5. The fourth-order valence-electron chi connectivity index (χ4n) is 2.64. The molecule has 20 heavy (non-hydrogen) atoms. The molecular weight excluding hydrogens is 248 g/mol. The van der Waals surface area contributed by atoms with Crippen molar-refractivity contribution in [3.8, 4) is 0 Å². The van der Waals surface area contributed by atoms with Crippen LogP contribution in [-0.4, -0.2) is 62.2 Å². The molecular formula is C16H28N4. The van der Waals surface area contributed by atoms with Crippen LogP contribution in [0, 0.1) is 0 Å². The Morgan fingerprint density at radius 1 is 0.950 bits per heavy atom. The van der Waals surface area contributed by atoms with Gasteiger partial charge in [-0.25, -0.2) is 0 Å². The zero-order valence-electron chi connectivity index (χ0n) is 12.4. The van der Waals surface area contributed by atoms with Crippen molar-refractivity contribution in [2.45, 2.75) is 13.0 Å². The van der Waals surface area contributed by atoms with Gasteiger partial charge in [0.1, 0.15) is 0 Å². The smallest absolute Gasteiger partial charge is 0.0234 e. The van der Waals surface area contributed by atoms with Gasteiger partial charge in [0, 0.05) is 45.8 Å². The molecule has 0 unspecified atom stereocenters. The van der Waals surface area contributed by atoms with Gasteiger partial charge in [0.15, 0.2) is 0 Å². The van der Waals surface area contributed by atoms with Gasteiger partial charge in [-0.1, -0.05) is 30.3 Å². The summed E-state index contributed by atoms with van der Waals surface area (Å²) < 4.78 is 0. The number of nitrogens with one attached hydrogen (secondary N) is 1. The second-order valence-electron chi connectivity index (χ2n) is 5.50. The third-order valence-electron chi connectivity index (χ3n) is 3.87. The molecule has 1 heterocycles. The summed E-state index contributed by atoms with van der Waals surface area (Å²) in [5.74, 6) is 0. The van der Waals surface area contributed by atoms with Crippen LogP contribution >= 0.6 is 0 Å². The predicted molar refractivity (Wildman–Crippen MR) is 84.7 cm³/mol. The Hall–Kier alpha value is -0.940. The molecule has 3 N–H and O–H groups in total. The first-order chi connectivity index (χ1) is 9.88. The lowest BCUT2D eigenvalue weighted by Crippen LogP contribution is -2.36. The van der Waals surface area contributed by atoms with Crippen molar-refractivity contribution in [1.82, 2.24) is 15.1 Å². The molecule has 4 heteroatoms. The highest BCUT2D eigenvalue weighted by Crippen LogP contribution is 2.05. The quantitative estimate of drug-likeness (QED) is 0.833. The molecule has 2 rings (SSSR count). The van der Waals surface area contributed by atoms with Crippen molar-refractivity contribution < 1.29 is 0 Å². The third-order valence-corrected chi connectivity index (χ3v) is 3.87. The van der Waals surface area contributed by atoms with E-state index in [0.717, 1.165) is 65.3 Å². The molecule has 0 atom stereocenters. The average molecular weight is 276 g/mol. The number of hydrogen-bond donors (Lipinski definition) is 2. The number of nitrogens with two attached hydrogens (primary N) is 1. The Morgan fingerprint density at radius 2 is 1.65 bits per heavy atom. The largest absolute Gasteiger partial charge is 0.330 e. The average Bonchev–Trinajstić information content (AvgIpc) is 2.59. The first-order valence-electron chi connectivity index (χ1n) is 7.78. The molecule has 0 aliphatic carbocycles. The van der Waals surface area contributed by atoms with E-state index in [0.29, 0.717) is 0 Å². The van der Waals surface area contributed by atoms with Gasteiger partial charge in [0.2, 0.25) is 0 Å². The van der Waals surface area contributed by atoms with Crippen LogP contribution < -0.4 is 11.1 Å². The molecule has 0 spiro atoms. The van der Waals surface area contributed by atoms with E-state index < -0.39 is 0 Å². The van der Waals surface area contributed by atoms with E-state index in [1.54, 1.807) is 0 Å². The molecule has 112 valence electrons. The Morgan fingerprint density at radius 3 is 2.40 bits per heavy atom. The van der Waals surface area contributed by atoms with Gasteiger partial charge < -0.3 is 16.0 Å². The fraction of sp³-hybridized carbons (Fsp3) is 0.625. The minimum absolute atomic E-state index is 0.789. The number of hydrogen-bond acceptors (Lipinski definition) is 4. The van der Waals surface area contributed by atoms with Gasteiger partial charge in [-0.3, -0.25) is 4.90 Å². The lowest BCUT2D eigenvalue weighted by Gasteiger charge is -2.25. The van der Waals surface area contributed by atoms with Crippen LogP contribution in [0.2, 0.25) is 0 Å². The van der Waals surface area contributed by atoms with E-state index in [4.69, 9.17) is 5.73 Å². The SMILES string of the molecule is NCCCN1CCNCCN(Cc2ccccc2)CC1. The summed E-state index contributed by atoms with van der Waals surface area (Å²) in [5, 5.41) is 3.53. The number of nitrogens with zero attached hydrogens (tertiary/aromatic N) is 2. The maximum Gasteiger partial charge on any atom is 0.0234 e. The van der Waals surface area contributed by atoms with Crippen LogP contribution in [0.25, 0.3) is 0 Å². The van der Waals surface area contributed by atoms with E-state index in [1.165, 1.54) is 5.56 Å². The molecule has 0 bridgehead atoms. The Balaban J connectivity index is 1.85. The molecule has 0 aromatic heterocycles. The first kappa shape index (κ1) is 15.4. The highest BCUT2D eigenvalue weighted by Gasteiger charge is 2.11. The van der Waals surface area contributed by atoms with Gasteiger partial charge in [-0.05, 0) is 25.1 Å². The van der Waals surface area contributed by atoms with Gasteiger partial charge in [-0.15, -0.1) is 0 Å². The predicted octanol–water partition coefficient (Wildman–Crippen LogP) is 0.743. The minimum Gasteiger partial charge on any atom is -0.330 e. The summed E-state index contributed by atoms with van der Waals surface area (Å²) in [4.78, 5) is 5.08. The van der Waals surface area contributed by atoms with Crippen LogP contribution in [0.1, 0.15) is 12.0 Å². The molecule has 1 aliphatic heterocycles. The summed E-state index contributed by atoms with van der Waals surface area (Å²) in [6.07, 6.45) is 1.10. The summed E-state index contributed by atoms with van der Waals surface area (Å²) in [6.45, 7) is 9.68. The molecule has 1 aliphatic rings. The van der Waals surface area contributed by atoms with E-state index in [1.807, 2.05) is 0 Å². The second kappa shape index (κ2) is 9.08. The van der Waals surface area contributed by atoms with Crippen molar-refractivity contribution in [1.29, 1.82) is 0 Å². The van der Waals surface area contributed by atoms with Crippen molar-refractivity contribution >= 4 is 0 Å². The molecule has 0 saturated carbocycles. The van der Waals surface area contributed by atoms with Crippen molar-refractivity contribution in [3.05, 3.63) is 35.9 Å². The van der Waals surface area contributed by atoms with Crippen LogP contribution in [0.4, 0.5) is 0 Å². The molecule has 1 aromatic rings. The Bertz CT molecular complexity index is 355. The van der Waals surface area contributed by atoms with E-state index >= 15 is 0 Å². The van der Waals surface area contributed by atoms with E-state index in [9.17, 15) is 0 Å². The normalized spacial score (nSPS) is 19.2. The standard InChI is InChI=1S/C16H28N4/c17-7-4-10-19-11-8-18-9-12-20(14-13-19)15-16-5-2-1-3-6-16/h1-3,5-6,18H,4,7-15,17H2. The van der Waals surface area contributed by atoms with Gasteiger partial charge in [0.05, 0.1) is 0 Å². The molecule has 1 saturated heterocycles. The monoisotopic (exact) mass is 276 g/mol. The Kier molecular flexibility index (Phi) is 7.01. The highest BCUT2D eigenvalue weighted by atomic mass is 15.2. The highest BCUT2D eigenvalue weighted by molar-refractivity contribution is 5.14. The summed E-state index contributed by atoms with van der Waals surface area (Å²) in [6, 6.07) is 10.8. The van der Waals surface area contributed by atoms with Gasteiger partial charge in [0.25, 0.3) is 0 Å². The van der Waals surface area contributed by atoms with E-state index in [-0.39, 0.29) is 0 Å². The van der Waals surface area contributed by atoms with Crippen LogP contribution in [0.3, 0.4) is 0 Å². The summed E-state index contributed by atoms with van der Waals surface area (Å²) >= 11 is 0. The summed E-state index contributed by atoms with van der Waals surface area (Å²) in [5.41, 5.74) is 7.03. The molecule has 1 fully saturated rings. The Labute approximate surface area is 122 Å². The third kappa shape index (κ3) is 5.59. The molecule has 0 radical (unpaired) electrons. The van der Waals surface area contributed by atoms with E-state index in [2.05, 4.69) is 45.4 Å². The number of benzene rings is 1. The lowest BCUT2D eigenvalue weighted by molar-refractivity contribution is 0.213. The topological polar surface area (TPSA) is 44.5 Å². The van der Waals surface area contributed by atoms with Crippen LogP contribution in [0.15, 0.2) is 30.3 Å². The van der Waals surface area contributed by atoms with Crippen LogP contribution in [0.5, 0.6) is 0 Å². The summed E-state index contributed by atoms with van der Waals surface area (Å²) in [7, 11) is 0. The lowest BCUT2D eigenvalue weighted by atomic mass is 10.2. The van der Waals surface area contributed by atoms with Crippen molar-refractivity contribution in [3.63, 3.8) is 0 Å². The maximum absolute atomic E-state index is 5.62. The zero-order chi connectivity index (χ0) is 14.0. The maximum atomic E-state index is 5.62. The first-order valence-corrected chi connectivity index (χ1v) is 7.78. The zero-order valence-corrected chi connectivity index (χ0v) is 12.4. The van der Waals surface area contributed by atoms with Crippen molar-refractivity contribution in [2.75, 3.05) is 52.4 Å². The van der Waals surface area contributed by atoms with Crippen LogP contribution in [-0.2, 0) is 6.54 Å². The minimum atomic E-state index is 0.789. The van der Waals surface area contributed by atoms with Crippen molar-refractivity contribution in [2.24, 2.45) is 5.73 Å². The molecule has 4 nitrogen and oxygen atoms in total. The van der Waals surface area contributed by atoms with Gasteiger partial charge >= 0.3 is 0 Å². The molecule has 0 amide bonds. The van der Waals surface area contributed by atoms with Gasteiger partial charge in [-0.2, -0.15) is 0 Å².